The van der Waals surface area contributed by atoms with E-state index >= 15 is 0 Å². The number of halogens is 3. The summed E-state index contributed by atoms with van der Waals surface area (Å²) in [5, 5.41) is 5.20. The van der Waals surface area contributed by atoms with Crippen molar-refractivity contribution in [3.05, 3.63) is 18.2 Å². The summed E-state index contributed by atoms with van der Waals surface area (Å²) in [5.74, 6) is -2.67. The molecule has 1 atom stereocenters. The zero-order valence-corrected chi connectivity index (χ0v) is 15.6. The van der Waals surface area contributed by atoms with Gasteiger partial charge >= 0.3 is 0 Å². The van der Waals surface area contributed by atoms with E-state index in [1.807, 2.05) is 0 Å². The minimum atomic E-state index is -2.90. The number of carbonyl (C=O) groups excluding carboxylic acids is 2. The van der Waals surface area contributed by atoms with Gasteiger partial charge in [-0.3, -0.25) is 14.9 Å². The van der Waals surface area contributed by atoms with Crippen molar-refractivity contribution in [3.8, 4) is 11.5 Å². The maximum Gasteiger partial charge on any atom is 0.262 e. The predicted octanol–water partition coefficient (Wildman–Crippen LogP) is 1.66. The Morgan fingerprint density at radius 1 is 1.30 bits per heavy atom. The fourth-order valence-corrected chi connectivity index (χ4v) is 2.95. The van der Waals surface area contributed by atoms with Crippen molar-refractivity contribution in [2.24, 2.45) is 0 Å². The number of likely N-dealkylation sites (N-methyl/N-ethyl adjacent to an activating group) is 1. The molecule has 7 nitrogen and oxygen atoms in total. The summed E-state index contributed by atoms with van der Waals surface area (Å²) in [5.41, 5.74) is 0.508. The van der Waals surface area contributed by atoms with Crippen molar-refractivity contribution < 1.29 is 27.8 Å². The van der Waals surface area contributed by atoms with Gasteiger partial charge in [-0.1, -0.05) is 0 Å². The van der Waals surface area contributed by atoms with Crippen molar-refractivity contribution in [2.75, 3.05) is 38.2 Å². The largest absolute Gasteiger partial charge is 0.486 e. The molecule has 2 N–H and O–H groups in total. The van der Waals surface area contributed by atoms with Gasteiger partial charge < -0.3 is 19.7 Å². The lowest BCUT2D eigenvalue weighted by Gasteiger charge is -2.24. The monoisotopic (exact) mass is 405 g/mol. The Hall–Kier alpha value is -2.13. The number of ether oxygens (including phenoxy) is 2. The third kappa shape index (κ3) is 5.20. The van der Waals surface area contributed by atoms with Gasteiger partial charge in [-0.05, 0) is 19.1 Å². The fraction of sp³-hybridized carbons (Fsp3) is 0.529. The lowest BCUT2D eigenvalue weighted by Crippen LogP contribution is -2.46. The second kappa shape index (κ2) is 8.71. The molecule has 0 spiro atoms. The van der Waals surface area contributed by atoms with E-state index in [1.54, 1.807) is 25.1 Å². The van der Waals surface area contributed by atoms with Crippen LogP contribution in [-0.4, -0.2) is 61.5 Å². The number of amides is 2. The number of hydrogen-bond donors (Lipinski definition) is 2. The van der Waals surface area contributed by atoms with E-state index in [4.69, 9.17) is 9.47 Å². The Labute approximate surface area is 161 Å². The molecule has 150 valence electrons. The van der Waals surface area contributed by atoms with E-state index in [0.29, 0.717) is 30.4 Å². The first-order valence-corrected chi connectivity index (χ1v) is 8.47. The van der Waals surface area contributed by atoms with Gasteiger partial charge in [0.2, 0.25) is 11.8 Å². The first kappa shape index (κ1) is 21.2. The number of alkyl halides is 2. The topological polar surface area (TPSA) is 79.9 Å². The van der Waals surface area contributed by atoms with Crippen molar-refractivity contribution in [3.63, 3.8) is 0 Å². The van der Waals surface area contributed by atoms with Gasteiger partial charge in [0.1, 0.15) is 13.2 Å². The fourth-order valence-electron chi connectivity index (χ4n) is 2.95. The molecule has 2 heterocycles. The Bertz CT molecular complexity index is 705. The maximum absolute atomic E-state index is 13.3. The van der Waals surface area contributed by atoms with Gasteiger partial charge in [-0.2, -0.15) is 0 Å². The van der Waals surface area contributed by atoms with Crippen LogP contribution in [0.3, 0.4) is 0 Å². The second-order valence-corrected chi connectivity index (χ2v) is 6.25. The standard InChI is InChI=1S/C17H21F2N3O4.ClH/c1-2-22(16(24)12-8-17(18,19)10-20-12)9-15(23)21-11-3-4-13-14(7-11)26-6-5-25-13;/h3-4,7,12,20H,2,5-6,8-10H2,1H3,(H,21,23);1H. The molecule has 1 aromatic carbocycles. The summed E-state index contributed by atoms with van der Waals surface area (Å²) < 4.78 is 37.4. The SMILES string of the molecule is CCN(CC(=O)Nc1ccc2c(c1)OCCO2)C(=O)C1CC(F)(F)CN1.Cl. The van der Waals surface area contributed by atoms with Crippen LogP contribution in [0.4, 0.5) is 14.5 Å². The second-order valence-electron chi connectivity index (χ2n) is 6.25. The minimum absolute atomic E-state index is 0. The number of carbonyl (C=O) groups is 2. The van der Waals surface area contributed by atoms with E-state index in [2.05, 4.69) is 10.6 Å². The molecule has 2 aliphatic rings. The average molecular weight is 406 g/mol. The molecule has 0 radical (unpaired) electrons. The van der Waals surface area contributed by atoms with E-state index in [1.165, 1.54) is 4.90 Å². The van der Waals surface area contributed by atoms with Gasteiger partial charge in [0.25, 0.3) is 5.92 Å². The molecule has 3 rings (SSSR count). The smallest absolute Gasteiger partial charge is 0.262 e. The molecule has 2 amide bonds. The van der Waals surface area contributed by atoms with Crippen LogP contribution < -0.4 is 20.1 Å². The van der Waals surface area contributed by atoms with Crippen LogP contribution in [-0.2, 0) is 9.59 Å². The van der Waals surface area contributed by atoms with E-state index in [9.17, 15) is 18.4 Å². The van der Waals surface area contributed by atoms with Crippen LogP contribution in [0.15, 0.2) is 18.2 Å². The van der Waals surface area contributed by atoms with E-state index in [0.717, 1.165) is 0 Å². The quantitative estimate of drug-likeness (QED) is 0.779. The number of fused-ring (bicyclic) bond motifs is 1. The first-order valence-electron chi connectivity index (χ1n) is 8.47. The van der Waals surface area contributed by atoms with Gasteiger partial charge in [0.15, 0.2) is 11.5 Å². The minimum Gasteiger partial charge on any atom is -0.486 e. The number of anilines is 1. The van der Waals surface area contributed by atoms with Gasteiger partial charge in [0, 0.05) is 24.7 Å². The van der Waals surface area contributed by atoms with Crippen molar-refractivity contribution in [1.82, 2.24) is 10.2 Å². The summed E-state index contributed by atoms with van der Waals surface area (Å²) in [4.78, 5) is 25.9. The Morgan fingerprint density at radius 2 is 2.00 bits per heavy atom. The van der Waals surface area contributed by atoms with Crippen molar-refractivity contribution in [2.45, 2.75) is 25.3 Å². The number of nitrogens with zero attached hydrogens (tertiary/aromatic N) is 1. The van der Waals surface area contributed by atoms with Gasteiger partial charge in [-0.25, -0.2) is 8.78 Å². The average Bonchev–Trinajstić information content (AvgIpc) is 2.99. The zero-order chi connectivity index (χ0) is 18.7. The third-order valence-electron chi connectivity index (χ3n) is 4.26. The van der Waals surface area contributed by atoms with Crippen LogP contribution in [0.1, 0.15) is 13.3 Å². The Morgan fingerprint density at radius 3 is 2.63 bits per heavy atom. The molecule has 10 heteroatoms. The highest BCUT2D eigenvalue weighted by Gasteiger charge is 2.43. The highest BCUT2D eigenvalue weighted by atomic mass is 35.5. The molecule has 1 saturated heterocycles. The Kier molecular flexibility index (Phi) is 6.83. The van der Waals surface area contributed by atoms with Gasteiger partial charge in [0.05, 0.1) is 19.1 Å². The maximum atomic E-state index is 13.3. The molecule has 0 aliphatic carbocycles. The highest BCUT2D eigenvalue weighted by molar-refractivity contribution is 5.95. The Balaban J connectivity index is 0.00000261. The molecule has 0 bridgehead atoms. The molecule has 1 aromatic rings. The van der Waals surface area contributed by atoms with Crippen molar-refractivity contribution >= 4 is 29.9 Å². The predicted molar refractivity (Wildman–Crippen MR) is 96.9 cm³/mol. The summed E-state index contributed by atoms with van der Waals surface area (Å²) >= 11 is 0. The molecule has 27 heavy (non-hydrogen) atoms. The van der Waals surface area contributed by atoms with Crippen molar-refractivity contribution in [1.29, 1.82) is 0 Å². The van der Waals surface area contributed by atoms with Crippen LogP contribution in [0.2, 0.25) is 0 Å². The highest BCUT2D eigenvalue weighted by Crippen LogP contribution is 2.32. The molecule has 1 fully saturated rings. The van der Waals surface area contributed by atoms with Crippen LogP contribution in [0.25, 0.3) is 0 Å². The summed E-state index contributed by atoms with van der Waals surface area (Å²) in [6.07, 6.45) is -0.549. The van der Waals surface area contributed by atoms with Crippen LogP contribution >= 0.6 is 12.4 Å². The van der Waals surface area contributed by atoms with Crippen LogP contribution in [0.5, 0.6) is 11.5 Å². The molecule has 0 saturated carbocycles. The molecular weight excluding hydrogens is 384 g/mol. The first-order chi connectivity index (χ1) is 12.4. The van der Waals surface area contributed by atoms with E-state index < -0.39 is 36.7 Å². The lowest BCUT2D eigenvalue weighted by molar-refractivity contribution is -0.136. The number of nitrogens with one attached hydrogen (secondary N) is 2. The molecular formula is C17H22ClF2N3O4. The number of rotatable bonds is 5. The number of hydrogen-bond acceptors (Lipinski definition) is 5. The van der Waals surface area contributed by atoms with Crippen LogP contribution in [0, 0.1) is 0 Å². The molecule has 0 aromatic heterocycles. The van der Waals surface area contributed by atoms with Gasteiger partial charge in [-0.15, -0.1) is 12.4 Å². The lowest BCUT2D eigenvalue weighted by atomic mass is 10.1. The zero-order valence-electron chi connectivity index (χ0n) is 14.8. The van der Waals surface area contributed by atoms with E-state index in [-0.39, 0.29) is 25.5 Å². The summed E-state index contributed by atoms with van der Waals surface area (Å²) in [7, 11) is 0. The molecule has 1 unspecified atom stereocenters. The summed E-state index contributed by atoms with van der Waals surface area (Å²) in [6.45, 7) is 2.11. The molecule has 2 aliphatic heterocycles. The number of benzene rings is 1. The summed E-state index contributed by atoms with van der Waals surface area (Å²) in [6, 6.07) is 4.04. The normalized spacial score (nSPS) is 19.7. The third-order valence-corrected chi connectivity index (χ3v) is 4.26.